The van der Waals surface area contributed by atoms with Gasteiger partial charge in [0.05, 0.1) is 29.4 Å². The number of thioether (sulfide) groups is 1. The molecule has 0 aliphatic rings. The van der Waals surface area contributed by atoms with Crippen LogP contribution in [0.2, 0.25) is 5.02 Å². The summed E-state index contributed by atoms with van der Waals surface area (Å²) in [5.41, 5.74) is 0.371. The zero-order chi connectivity index (χ0) is 19.1. The number of nitrogens with zero attached hydrogens (tertiary/aromatic N) is 2. The molecule has 0 radical (unpaired) electrons. The SMILES string of the molecule is CCOC(=O)Cc1csc(SCC(=O)Nc2cc(Cl)ccc2[N+](=O)[O-])n1. The van der Waals surface area contributed by atoms with Crippen LogP contribution in [0.25, 0.3) is 0 Å². The summed E-state index contributed by atoms with van der Waals surface area (Å²) in [5, 5.41) is 15.5. The molecule has 0 atom stereocenters. The number of aromatic nitrogens is 1. The summed E-state index contributed by atoms with van der Waals surface area (Å²) in [4.78, 5) is 38.1. The number of amides is 1. The minimum atomic E-state index is -0.596. The summed E-state index contributed by atoms with van der Waals surface area (Å²) in [5.74, 6) is -0.779. The second kappa shape index (κ2) is 9.51. The Bertz CT molecular complexity index is 827. The highest BCUT2D eigenvalue weighted by atomic mass is 35.5. The summed E-state index contributed by atoms with van der Waals surface area (Å²) >= 11 is 8.29. The van der Waals surface area contributed by atoms with Crippen LogP contribution in [0.3, 0.4) is 0 Å². The van der Waals surface area contributed by atoms with Gasteiger partial charge in [0.2, 0.25) is 5.91 Å². The first-order valence-electron chi connectivity index (χ1n) is 7.35. The molecule has 0 unspecified atom stereocenters. The van der Waals surface area contributed by atoms with Crippen LogP contribution in [0.5, 0.6) is 0 Å². The van der Waals surface area contributed by atoms with E-state index in [1.54, 1.807) is 12.3 Å². The molecule has 138 valence electrons. The second-order valence-electron chi connectivity index (χ2n) is 4.84. The van der Waals surface area contributed by atoms with Gasteiger partial charge in [0.1, 0.15) is 5.69 Å². The van der Waals surface area contributed by atoms with Crippen molar-refractivity contribution in [2.24, 2.45) is 0 Å². The maximum Gasteiger partial charge on any atom is 0.311 e. The molecule has 8 nitrogen and oxygen atoms in total. The van der Waals surface area contributed by atoms with Gasteiger partial charge in [-0.1, -0.05) is 23.4 Å². The number of esters is 1. The first-order valence-corrected chi connectivity index (χ1v) is 9.60. The predicted octanol–water partition coefficient (Wildman–Crippen LogP) is 3.54. The molecule has 2 aromatic rings. The van der Waals surface area contributed by atoms with E-state index in [0.717, 1.165) is 0 Å². The summed E-state index contributed by atoms with van der Waals surface area (Å²) in [6.45, 7) is 2.03. The Morgan fingerprint density at radius 1 is 1.46 bits per heavy atom. The van der Waals surface area contributed by atoms with Gasteiger partial charge in [0, 0.05) is 16.5 Å². The molecule has 2 rings (SSSR count). The molecule has 1 aromatic carbocycles. The van der Waals surface area contributed by atoms with E-state index in [0.29, 0.717) is 16.6 Å². The Hall–Kier alpha value is -2.17. The van der Waals surface area contributed by atoms with Gasteiger partial charge in [-0.15, -0.1) is 11.3 Å². The number of carbonyl (C=O) groups excluding carboxylic acids is 2. The highest BCUT2D eigenvalue weighted by Gasteiger charge is 2.17. The Morgan fingerprint density at radius 2 is 2.23 bits per heavy atom. The predicted molar refractivity (Wildman–Crippen MR) is 99.9 cm³/mol. The van der Waals surface area contributed by atoms with Gasteiger partial charge in [-0.2, -0.15) is 0 Å². The largest absolute Gasteiger partial charge is 0.466 e. The van der Waals surface area contributed by atoms with Gasteiger partial charge >= 0.3 is 5.97 Å². The lowest BCUT2D eigenvalue weighted by atomic mass is 10.2. The fourth-order valence-corrected chi connectivity index (χ4v) is 3.69. The van der Waals surface area contributed by atoms with Gasteiger partial charge in [0.25, 0.3) is 5.69 Å². The number of hydrogen-bond acceptors (Lipinski definition) is 8. The average molecular weight is 416 g/mol. The monoisotopic (exact) mass is 415 g/mol. The number of nitro benzene ring substituents is 1. The van der Waals surface area contributed by atoms with Crippen LogP contribution in [0.15, 0.2) is 27.9 Å². The van der Waals surface area contributed by atoms with Gasteiger partial charge in [-0.05, 0) is 19.1 Å². The van der Waals surface area contributed by atoms with Crippen molar-refractivity contribution in [2.75, 3.05) is 17.7 Å². The highest BCUT2D eigenvalue weighted by molar-refractivity contribution is 8.01. The third kappa shape index (κ3) is 5.97. The molecule has 1 amide bonds. The quantitative estimate of drug-likeness (QED) is 0.303. The smallest absolute Gasteiger partial charge is 0.311 e. The molecule has 1 aromatic heterocycles. The van der Waals surface area contributed by atoms with Gasteiger partial charge in [-0.25, -0.2) is 4.98 Å². The standard InChI is InChI=1S/C15H14ClN3O5S2/c1-2-24-14(21)6-10-7-25-15(17-10)26-8-13(20)18-11-5-9(16)3-4-12(11)19(22)23/h3-5,7H,2,6,8H2,1H3,(H,18,20). The zero-order valence-electron chi connectivity index (χ0n) is 13.6. The van der Waals surface area contributed by atoms with Crippen LogP contribution >= 0.6 is 34.7 Å². The minimum Gasteiger partial charge on any atom is -0.466 e. The molecule has 26 heavy (non-hydrogen) atoms. The van der Waals surface area contributed by atoms with Crippen molar-refractivity contribution in [1.29, 1.82) is 0 Å². The van der Waals surface area contributed by atoms with E-state index in [4.69, 9.17) is 16.3 Å². The Kier molecular flexibility index (Phi) is 7.37. The number of carbonyl (C=O) groups is 2. The molecule has 0 bridgehead atoms. The Labute approximate surface area is 162 Å². The van der Waals surface area contributed by atoms with E-state index in [1.165, 1.54) is 41.3 Å². The van der Waals surface area contributed by atoms with E-state index in [2.05, 4.69) is 10.3 Å². The molecule has 0 fully saturated rings. The number of rotatable bonds is 8. The molecular weight excluding hydrogens is 402 g/mol. The van der Waals surface area contributed by atoms with Crippen molar-refractivity contribution in [3.63, 3.8) is 0 Å². The van der Waals surface area contributed by atoms with Crippen molar-refractivity contribution in [1.82, 2.24) is 4.98 Å². The lowest BCUT2D eigenvalue weighted by Gasteiger charge is -2.05. The number of benzene rings is 1. The Balaban J connectivity index is 1.92. The number of hydrogen-bond donors (Lipinski definition) is 1. The lowest BCUT2D eigenvalue weighted by Crippen LogP contribution is -2.15. The van der Waals surface area contributed by atoms with Crippen molar-refractivity contribution in [3.8, 4) is 0 Å². The number of thiazole rings is 1. The van der Waals surface area contributed by atoms with Crippen LogP contribution < -0.4 is 5.32 Å². The zero-order valence-corrected chi connectivity index (χ0v) is 15.9. The summed E-state index contributed by atoms with van der Waals surface area (Å²) in [6.07, 6.45) is 0.0752. The maximum atomic E-state index is 12.0. The molecule has 11 heteroatoms. The maximum absolute atomic E-state index is 12.0. The molecule has 0 saturated carbocycles. The third-order valence-corrected chi connectivity index (χ3v) is 5.22. The van der Waals surface area contributed by atoms with E-state index in [1.807, 2.05) is 0 Å². The lowest BCUT2D eigenvalue weighted by molar-refractivity contribution is -0.383. The van der Waals surface area contributed by atoms with Crippen LogP contribution in [0.1, 0.15) is 12.6 Å². The fourth-order valence-electron chi connectivity index (χ4n) is 1.88. The topological polar surface area (TPSA) is 111 Å². The van der Waals surface area contributed by atoms with Crippen molar-refractivity contribution < 1.29 is 19.2 Å². The number of halogens is 1. The van der Waals surface area contributed by atoms with Crippen LogP contribution in [0, 0.1) is 10.1 Å². The second-order valence-corrected chi connectivity index (χ2v) is 7.36. The first-order chi connectivity index (χ1) is 12.4. The molecule has 0 aliphatic heterocycles. The first kappa shape index (κ1) is 20.1. The molecule has 0 saturated heterocycles. The normalized spacial score (nSPS) is 10.4. The van der Waals surface area contributed by atoms with Gasteiger partial charge < -0.3 is 10.1 Å². The number of anilines is 1. The summed E-state index contributed by atoms with van der Waals surface area (Å²) in [7, 11) is 0. The van der Waals surface area contributed by atoms with Crippen LogP contribution in [0.4, 0.5) is 11.4 Å². The van der Waals surface area contributed by atoms with Crippen molar-refractivity contribution >= 4 is 58.0 Å². The third-order valence-electron chi connectivity index (χ3n) is 2.92. The molecule has 0 aliphatic carbocycles. The molecule has 1 N–H and O–H groups in total. The van der Waals surface area contributed by atoms with Crippen LogP contribution in [-0.4, -0.2) is 34.1 Å². The minimum absolute atomic E-state index is 0.00995. The average Bonchev–Trinajstić information content (AvgIpc) is 3.00. The van der Waals surface area contributed by atoms with Gasteiger partial charge in [-0.3, -0.25) is 19.7 Å². The van der Waals surface area contributed by atoms with E-state index in [9.17, 15) is 19.7 Å². The van der Waals surface area contributed by atoms with Crippen molar-refractivity contribution in [2.45, 2.75) is 17.7 Å². The molecule has 0 spiro atoms. The number of nitro groups is 1. The van der Waals surface area contributed by atoms with E-state index in [-0.39, 0.29) is 34.5 Å². The summed E-state index contributed by atoms with van der Waals surface area (Å²) < 4.78 is 5.46. The van der Waals surface area contributed by atoms with Crippen LogP contribution in [-0.2, 0) is 20.7 Å². The van der Waals surface area contributed by atoms with Gasteiger partial charge in [0.15, 0.2) is 4.34 Å². The molecule has 1 heterocycles. The number of nitrogens with one attached hydrogen (secondary N) is 1. The Morgan fingerprint density at radius 3 is 2.92 bits per heavy atom. The highest BCUT2D eigenvalue weighted by Crippen LogP contribution is 2.28. The molecular formula is C15H14ClN3O5S2. The summed E-state index contributed by atoms with van der Waals surface area (Å²) in [6, 6.07) is 3.93. The fraction of sp³-hybridized carbons (Fsp3) is 0.267. The number of ether oxygens (including phenoxy) is 1. The van der Waals surface area contributed by atoms with E-state index < -0.39 is 10.8 Å². The van der Waals surface area contributed by atoms with Crippen molar-refractivity contribution in [3.05, 3.63) is 44.4 Å². The van der Waals surface area contributed by atoms with E-state index >= 15 is 0 Å².